The maximum atomic E-state index is 9.47. The molecule has 0 aromatic heterocycles. The Bertz CT molecular complexity index is 181. The Balaban J connectivity index is 2.40. The fraction of sp³-hybridized carbons (Fsp3) is 0.500. The second kappa shape index (κ2) is 3.47. The zero-order chi connectivity index (χ0) is 8.16. The second-order valence-electron chi connectivity index (χ2n) is 2.17. The van der Waals surface area contributed by atoms with Crippen LogP contribution in [-0.4, -0.2) is 35.4 Å². The largest absolute Gasteiger partial charge is 0.395 e. The van der Waals surface area contributed by atoms with Gasteiger partial charge in [-0.05, 0) is 12.2 Å². The van der Waals surface area contributed by atoms with Crippen LogP contribution in [0.15, 0.2) is 17.3 Å². The monoisotopic (exact) mass is 157 g/mol. The van der Waals surface area contributed by atoms with E-state index in [0.717, 1.165) is 0 Å². The van der Waals surface area contributed by atoms with Gasteiger partial charge in [-0.1, -0.05) is 0 Å². The van der Waals surface area contributed by atoms with Crippen LogP contribution >= 0.6 is 0 Å². The maximum absolute atomic E-state index is 9.47. The minimum absolute atomic E-state index is 0.0262. The summed E-state index contributed by atoms with van der Waals surface area (Å²) in [5.41, 5.74) is 2.45. The van der Waals surface area contributed by atoms with Crippen molar-refractivity contribution in [3.63, 3.8) is 0 Å². The lowest BCUT2D eigenvalue weighted by Crippen LogP contribution is -2.55. The van der Waals surface area contributed by atoms with E-state index in [-0.39, 0.29) is 6.61 Å². The normalized spacial score (nSPS) is 28.5. The predicted octanol–water partition coefficient (Wildman–Crippen LogP) is -1.64. The first-order valence-corrected chi connectivity index (χ1v) is 3.33. The van der Waals surface area contributed by atoms with Crippen molar-refractivity contribution in [2.24, 2.45) is 5.10 Å². The van der Waals surface area contributed by atoms with Crippen molar-refractivity contribution in [2.75, 3.05) is 13.2 Å². The van der Waals surface area contributed by atoms with Gasteiger partial charge in [0.1, 0.15) is 0 Å². The van der Waals surface area contributed by atoms with E-state index in [2.05, 4.69) is 15.8 Å². The van der Waals surface area contributed by atoms with Crippen LogP contribution in [0.25, 0.3) is 0 Å². The fourth-order valence-corrected chi connectivity index (χ4v) is 0.743. The summed E-state index contributed by atoms with van der Waals surface area (Å²) in [5, 5.41) is 24.2. The molecule has 0 saturated heterocycles. The Morgan fingerprint density at radius 3 is 3.00 bits per heavy atom. The topological polar surface area (TPSA) is 76.9 Å². The van der Waals surface area contributed by atoms with Gasteiger partial charge in [-0.15, -0.1) is 0 Å². The smallest absolute Gasteiger partial charge is 0.228 e. The fourth-order valence-electron chi connectivity index (χ4n) is 0.743. The summed E-state index contributed by atoms with van der Waals surface area (Å²) < 4.78 is 0. The van der Waals surface area contributed by atoms with E-state index < -0.39 is 5.85 Å². The van der Waals surface area contributed by atoms with Gasteiger partial charge >= 0.3 is 0 Å². The number of aliphatic hydroxyl groups excluding tert-OH is 1. The molecule has 1 aliphatic heterocycles. The van der Waals surface area contributed by atoms with E-state index >= 15 is 0 Å². The molecule has 62 valence electrons. The van der Waals surface area contributed by atoms with E-state index in [1.165, 1.54) is 12.3 Å². The van der Waals surface area contributed by atoms with Crippen molar-refractivity contribution >= 4 is 6.21 Å². The van der Waals surface area contributed by atoms with Crippen LogP contribution in [0.1, 0.15) is 0 Å². The lowest BCUT2D eigenvalue weighted by molar-refractivity contribution is 0.0160. The molecule has 0 spiro atoms. The molecule has 1 aliphatic rings. The number of hydrazone groups is 1. The van der Waals surface area contributed by atoms with Crippen molar-refractivity contribution in [1.82, 2.24) is 10.7 Å². The number of nitrogens with one attached hydrogen (secondary N) is 2. The summed E-state index contributed by atoms with van der Waals surface area (Å²) in [6.45, 7) is 0.283. The molecule has 0 aromatic carbocycles. The van der Waals surface area contributed by atoms with Gasteiger partial charge in [-0.2, -0.15) is 5.10 Å². The van der Waals surface area contributed by atoms with E-state index in [0.29, 0.717) is 6.54 Å². The number of hydrogen-bond donors (Lipinski definition) is 4. The van der Waals surface area contributed by atoms with Gasteiger partial charge in [-0.25, -0.2) is 0 Å². The van der Waals surface area contributed by atoms with Gasteiger partial charge in [0.25, 0.3) is 0 Å². The summed E-state index contributed by atoms with van der Waals surface area (Å²) in [6, 6.07) is 0. The van der Waals surface area contributed by atoms with E-state index in [1.807, 2.05) is 0 Å². The van der Waals surface area contributed by atoms with Gasteiger partial charge in [-0.3, -0.25) is 10.7 Å². The molecular weight excluding hydrogens is 146 g/mol. The summed E-state index contributed by atoms with van der Waals surface area (Å²) in [6.07, 6.45) is 4.64. The Morgan fingerprint density at radius 2 is 2.45 bits per heavy atom. The van der Waals surface area contributed by atoms with Crippen molar-refractivity contribution in [2.45, 2.75) is 5.85 Å². The molecule has 1 heterocycles. The van der Waals surface area contributed by atoms with Crippen LogP contribution in [0.4, 0.5) is 0 Å². The number of nitrogens with zero attached hydrogens (tertiary/aromatic N) is 1. The highest BCUT2D eigenvalue weighted by molar-refractivity contribution is 5.71. The standard InChI is InChI=1S/C6H11N3O2/c10-5-4-7-6(11)2-1-3-8-9-6/h1-3,7,9-11H,4-5H2. The first kappa shape index (κ1) is 8.19. The van der Waals surface area contributed by atoms with Crippen LogP contribution in [0.2, 0.25) is 0 Å². The van der Waals surface area contributed by atoms with E-state index in [4.69, 9.17) is 5.11 Å². The highest BCUT2D eigenvalue weighted by atomic mass is 16.3. The van der Waals surface area contributed by atoms with Crippen molar-refractivity contribution in [3.8, 4) is 0 Å². The SMILES string of the molecule is OCCNC1(O)C=CC=NN1. The van der Waals surface area contributed by atoms with Crippen molar-refractivity contribution in [1.29, 1.82) is 0 Å². The van der Waals surface area contributed by atoms with Gasteiger partial charge in [0.05, 0.1) is 6.61 Å². The Morgan fingerprint density at radius 1 is 1.64 bits per heavy atom. The number of aliphatic hydroxyl groups is 2. The maximum Gasteiger partial charge on any atom is 0.228 e. The zero-order valence-corrected chi connectivity index (χ0v) is 5.99. The molecule has 0 aromatic rings. The summed E-state index contributed by atoms with van der Waals surface area (Å²) in [4.78, 5) is 0. The molecule has 0 saturated carbocycles. The summed E-state index contributed by atoms with van der Waals surface area (Å²) in [7, 11) is 0. The van der Waals surface area contributed by atoms with Crippen molar-refractivity contribution in [3.05, 3.63) is 12.2 Å². The van der Waals surface area contributed by atoms with E-state index in [9.17, 15) is 5.11 Å². The van der Waals surface area contributed by atoms with Gasteiger partial charge < -0.3 is 10.2 Å². The Hall–Kier alpha value is -0.910. The number of hydrogen-bond acceptors (Lipinski definition) is 5. The second-order valence-corrected chi connectivity index (χ2v) is 2.17. The first-order valence-electron chi connectivity index (χ1n) is 3.33. The molecular formula is C6H11N3O2. The summed E-state index contributed by atoms with van der Waals surface area (Å²) in [5.74, 6) is -1.31. The van der Waals surface area contributed by atoms with Crippen LogP contribution < -0.4 is 10.7 Å². The molecule has 4 N–H and O–H groups in total. The third-order valence-corrected chi connectivity index (χ3v) is 1.24. The molecule has 0 aliphatic carbocycles. The Labute approximate surface area is 64.4 Å². The van der Waals surface area contributed by atoms with Gasteiger partial charge in [0.15, 0.2) is 0 Å². The molecule has 1 atom stereocenters. The lowest BCUT2D eigenvalue weighted by atomic mass is 10.3. The van der Waals surface area contributed by atoms with Gasteiger partial charge in [0, 0.05) is 12.8 Å². The zero-order valence-electron chi connectivity index (χ0n) is 5.99. The molecule has 1 unspecified atom stereocenters. The molecule has 0 radical (unpaired) electrons. The van der Waals surface area contributed by atoms with Crippen molar-refractivity contribution < 1.29 is 10.2 Å². The van der Waals surface area contributed by atoms with Crippen LogP contribution in [0.5, 0.6) is 0 Å². The van der Waals surface area contributed by atoms with Crippen LogP contribution in [0.3, 0.4) is 0 Å². The minimum atomic E-state index is -1.31. The molecule has 0 bridgehead atoms. The number of rotatable bonds is 3. The first-order chi connectivity index (χ1) is 5.27. The van der Waals surface area contributed by atoms with Crippen LogP contribution in [-0.2, 0) is 0 Å². The molecule has 0 amide bonds. The molecule has 0 fully saturated rings. The third-order valence-electron chi connectivity index (χ3n) is 1.24. The van der Waals surface area contributed by atoms with Crippen LogP contribution in [0, 0.1) is 0 Å². The highest BCUT2D eigenvalue weighted by Gasteiger charge is 2.21. The lowest BCUT2D eigenvalue weighted by Gasteiger charge is -2.26. The molecule has 5 nitrogen and oxygen atoms in total. The summed E-state index contributed by atoms with van der Waals surface area (Å²) >= 11 is 0. The molecule has 5 heteroatoms. The third kappa shape index (κ3) is 2.30. The van der Waals surface area contributed by atoms with E-state index in [1.54, 1.807) is 6.08 Å². The predicted molar refractivity (Wildman–Crippen MR) is 40.8 cm³/mol. The molecule has 11 heavy (non-hydrogen) atoms. The quantitative estimate of drug-likeness (QED) is 0.371. The average molecular weight is 157 g/mol. The molecule has 1 rings (SSSR count). The minimum Gasteiger partial charge on any atom is -0.395 e. The number of allylic oxidation sites excluding steroid dienone is 1. The highest BCUT2D eigenvalue weighted by Crippen LogP contribution is 1.99. The average Bonchev–Trinajstić information content (AvgIpc) is 2.03. The Kier molecular flexibility index (Phi) is 2.58. The van der Waals surface area contributed by atoms with Gasteiger partial charge in [0.2, 0.25) is 5.85 Å².